The van der Waals surface area contributed by atoms with Gasteiger partial charge >= 0.3 is 12.4 Å². The van der Waals surface area contributed by atoms with E-state index in [4.69, 9.17) is 17.7 Å². The molecule has 0 radical (unpaired) electrons. The second kappa shape index (κ2) is 16.7. The molecule has 11 aromatic rings. The van der Waals surface area contributed by atoms with Crippen LogP contribution in [-0.2, 0) is 27.2 Å². The average Bonchev–Trinajstić information content (AvgIpc) is 1.31. The molecular formula is C65H52F6N2O10. The van der Waals surface area contributed by atoms with Gasteiger partial charge in [-0.05, 0) is 155 Å². The van der Waals surface area contributed by atoms with Crippen molar-refractivity contribution in [1.29, 1.82) is 0 Å². The Bertz CT molecular complexity index is 4720. The molecule has 18 heteroatoms. The normalized spacial score (nSPS) is 17.5. The van der Waals surface area contributed by atoms with Crippen LogP contribution in [0.3, 0.4) is 0 Å². The third-order valence-electron chi connectivity index (χ3n) is 17.6. The number of rotatable bonds is 5. The number of hydrogen-bond donors (Lipinski definition) is 2. The molecule has 0 spiro atoms. The number of alkyl halides is 6. The molecule has 4 heterocycles. The third-order valence-corrected chi connectivity index (χ3v) is 17.6. The molecule has 14 rings (SSSR count). The summed E-state index contributed by atoms with van der Waals surface area (Å²) in [5, 5.41) is 21.6. The maximum Gasteiger partial charge on any atom is 0.411 e. The molecule has 0 fully saturated rings. The van der Waals surface area contributed by atoms with Crippen molar-refractivity contribution in [1.82, 2.24) is 9.13 Å². The molecule has 3 aliphatic rings. The van der Waals surface area contributed by atoms with Gasteiger partial charge in [0.2, 0.25) is 5.41 Å². The Labute approximate surface area is 466 Å². The van der Waals surface area contributed by atoms with Crippen LogP contribution in [0.25, 0.3) is 71.9 Å². The van der Waals surface area contributed by atoms with E-state index in [1.54, 1.807) is 32.9 Å². The molecule has 2 unspecified atom stereocenters. The van der Waals surface area contributed by atoms with E-state index >= 15 is 26.3 Å². The Balaban J connectivity index is 1.02. The average molecular weight is 1140 g/mol. The summed E-state index contributed by atoms with van der Waals surface area (Å²) in [4.78, 5) is 56.4. The first-order valence-electron chi connectivity index (χ1n) is 26.9. The molecule has 0 saturated heterocycles. The Morgan fingerprint density at radius 3 is 1.11 bits per heavy atom. The van der Waals surface area contributed by atoms with Crippen LogP contribution in [0.5, 0.6) is 11.5 Å². The van der Waals surface area contributed by atoms with Crippen molar-refractivity contribution >= 4 is 66.2 Å². The van der Waals surface area contributed by atoms with E-state index in [-0.39, 0.29) is 72.4 Å². The first-order chi connectivity index (χ1) is 38.8. The number of nitrogens with zero attached hydrogens (tertiary/aromatic N) is 2. The monoisotopic (exact) mass is 1130 g/mol. The highest BCUT2D eigenvalue weighted by Gasteiger charge is 2.73. The van der Waals surface area contributed by atoms with Crippen LogP contribution >= 0.6 is 0 Å². The summed E-state index contributed by atoms with van der Waals surface area (Å²) in [6.07, 6.45) is -12.2. The predicted molar refractivity (Wildman–Crippen MR) is 302 cm³/mol. The molecular weight excluding hydrogens is 1080 g/mol. The number of phenolic OH excluding ortho intramolecular Hbond substituents is 2. The lowest BCUT2D eigenvalue weighted by molar-refractivity contribution is -0.288. The van der Waals surface area contributed by atoms with Crippen LogP contribution in [0.15, 0.2) is 146 Å². The zero-order valence-corrected chi connectivity index (χ0v) is 46.4. The lowest BCUT2D eigenvalue weighted by atomic mass is 9.42. The zero-order chi connectivity index (χ0) is 59.5. The lowest BCUT2D eigenvalue weighted by Gasteiger charge is -2.59. The number of phenols is 2. The lowest BCUT2D eigenvalue weighted by Crippen LogP contribution is -2.55. The van der Waals surface area contributed by atoms with Crippen molar-refractivity contribution < 1.29 is 54.2 Å². The summed E-state index contributed by atoms with van der Waals surface area (Å²) in [7, 11) is 0. The minimum Gasteiger partial charge on any atom is -0.508 e. The Morgan fingerprint density at radius 1 is 0.434 bits per heavy atom. The van der Waals surface area contributed by atoms with Gasteiger partial charge in [0.1, 0.15) is 11.5 Å². The van der Waals surface area contributed by atoms with Gasteiger partial charge in [-0.1, -0.05) is 90.9 Å². The van der Waals surface area contributed by atoms with Crippen molar-refractivity contribution in [2.24, 2.45) is 11.8 Å². The second-order valence-electron chi connectivity index (χ2n) is 24.8. The fourth-order valence-corrected chi connectivity index (χ4v) is 14.1. The van der Waals surface area contributed by atoms with Gasteiger partial charge in [0.15, 0.2) is 44.7 Å². The quantitative estimate of drug-likeness (QED) is 0.125. The highest BCUT2D eigenvalue weighted by atomic mass is 19.4. The molecule has 2 bridgehead atoms. The van der Waals surface area contributed by atoms with Gasteiger partial charge in [-0.25, -0.2) is 4.57 Å². The summed E-state index contributed by atoms with van der Waals surface area (Å²) >= 11 is 0. The molecule has 7 aromatic carbocycles. The third kappa shape index (κ3) is 6.77. The number of benzene rings is 7. The molecule has 12 nitrogen and oxygen atoms in total. The Kier molecular flexibility index (Phi) is 10.8. The standard InChI is InChI=1S/C65H52F6N2O10/c1-29(2)61-37-13-11-12-14-38(37)62(30(3)4,42-28-54-53(27-41(42)61)82-49-23-35-36(24-50(49)83-54)58(79)73(57(35)78)60(8,9)10)40-26-52-51(25-39(40)61)80-47-21-33-34(22-48(47)81-52)56(77)72(55(33)76)44-20-32(16-18-46(44)75)63(64(66,67)68,65(69,70)71)31-15-17-45(74)43(19-31)59(5,6)7/h11-30,74-75H,1-10H3. The largest absolute Gasteiger partial charge is 0.508 e. The SMILES string of the molecule is CC(C)C12c3ccccc3C(C(C)C)(c3cc4oc5cc6c(=O)n(-c7cc(C(c8ccc(O)c(C(C)(C)C)c8)(C(F)(F)F)C(F)(F)F)ccc7O)c(=O)c6cc5oc4cc31)c1cc3oc4cc5c(=O)n(C(C)(C)C)c(=O)c5cc4oc3cc12. The second-order valence-corrected chi connectivity index (χ2v) is 24.8. The van der Waals surface area contributed by atoms with Crippen LogP contribution < -0.4 is 22.2 Å². The molecule has 2 atom stereocenters. The summed E-state index contributed by atoms with van der Waals surface area (Å²) in [5.41, 5.74) is -8.43. The highest BCUT2D eigenvalue weighted by molar-refractivity contribution is 5.97. The Hall–Kier alpha value is -8.80. The minimum absolute atomic E-state index is 0.0400. The van der Waals surface area contributed by atoms with Gasteiger partial charge in [-0.3, -0.25) is 23.7 Å². The molecule has 0 aliphatic heterocycles. The van der Waals surface area contributed by atoms with Crippen LogP contribution in [-0.4, -0.2) is 31.7 Å². The van der Waals surface area contributed by atoms with Gasteiger partial charge < -0.3 is 27.9 Å². The van der Waals surface area contributed by atoms with Crippen molar-refractivity contribution in [3.63, 3.8) is 0 Å². The molecule has 2 N–H and O–H groups in total. The number of hydrogen-bond acceptors (Lipinski definition) is 10. The number of aromatic hydroxyl groups is 2. The predicted octanol–water partition coefficient (Wildman–Crippen LogP) is 14.5. The first-order valence-corrected chi connectivity index (χ1v) is 26.9. The van der Waals surface area contributed by atoms with E-state index in [2.05, 4.69) is 39.8 Å². The van der Waals surface area contributed by atoms with Crippen LogP contribution in [0, 0.1) is 11.8 Å². The highest BCUT2D eigenvalue weighted by Crippen LogP contribution is 2.67. The maximum atomic E-state index is 15.6. The van der Waals surface area contributed by atoms with Gasteiger partial charge in [0.05, 0.1) is 27.2 Å². The van der Waals surface area contributed by atoms with E-state index in [0.717, 1.165) is 39.4 Å². The van der Waals surface area contributed by atoms with Crippen LogP contribution in [0.1, 0.15) is 119 Å². The van der Waals surface area contributed by atoms with Crippen molar-refractivity contribution in [3.05, 3.63) is 201 Å². The molecule has 0 saturated carbocycles. The van der Waals surface area contributed by atoms with Gasteiger partial charge in [-0.15, -0.1) is 0 Å². The molecule has 83 heavy (non-hydrogen) atoms. The van der Waals surface area contributed by atoms with E-state index in [0.29, 0.717) is 46.1 Å². The summed E-state index contributed by atoms with van der Waals surface area (Å²) in [6, 6.07) is 24.7. The maximum absolute atomic E-state index is 15.6. The van der Waals surface area contributed by atoms with Crippen LogP contribution in [0.2, 0.25) is 0 Å². The fraction of sp³-hybridized carbons (Fsp3) is 0.292. The summed E-state index contributed by atoms with van der Waals surface area (Å²) < 4.78 is 122. The van der Waals surface area contributed by atoms with Crippen molar-refractivity contribution in [2.45, 2.75) is 109 Å². The minimum atomic E-state index is -6.11. The van der Waals surface area contributed by atoms with Gasteiger partial charge in [0, 0.05) is 16.4 Å². The van der Waals surface area contributed by atoms with Gasteiger partial charge in [0.25, 0.3) is 22.2 Å². The number of aromatic nitrogens is 2. The molecule has 0 amide bonds. The van der Waals surface area contributed by atoms with E-state index in [1.807, 2.05) is 36.4 Å². The van der Waals surface area contributed by atoms with Gasteiger partial charge in [-0.2, -0.15) is 26.3 Å². The summed E-state index contributed by atoms with van der Waals surface area (Å²) in [5.74, 6) is -1.84. The Morgan fingerprint density at radius 2 is 0.771 bits per heavy atom. The topological polar surface area (TPSA) is 171 Å². The molecule has 3 aliphatic carbocycles. The van der Waals surface area contributed by atoms with E-state index < -0.39 is 90.1 Å². The smallest absolute Gasteiger partial charge is 0.411 e. The fourth-order valence-electron chi connectivity index (χ4n) is 14.1. The van der Waals surface area contributed by atoms with Crippen molar-refractivity contribution in [2.75, 3.05) is 0 Å². The number of halogens is 6. The van der Waals surface area contributed by atoms with Crippen LogP contribution in [0.4, 0.5) is 26.3 Å². The van der Waals surface area contributed by atoms with Crippen molar-refractivity contribution in [3.8, 4) is 17.2 Å². The van der Waals surface area contributed by atoms with E-state index in [1.165, 1.54) is 37.5 Å². The summed E-state index contributed by atoms with van der Waals surface area (Å²) in [6.45, 7) is 18.3. The van der Waals surface area contributed by atoms with E-state index in [9.17, 15) is 29.4 Å². The first kappa shape index (κ1) is 53.5. The molecule has 424 valence electrons. The zero-order valence-electron chi connectivity index (χ0n) is 46.4. The molecule has 4 aromatic heterocycles. The number of fused-ring (bicyclic) bond motifs is 6.